The van der Waals surface area contributed by atoms with Crippen molar-refractivity contribution in [3.63, 3.8) is 0 Å². The Kier molecular flexibility index (Phi) is 5.59. The molecule has 2 heterocycles. The number of anilines is 2. The summed E-state index contributed by atoms with van der Waals surface area (Å²) in [5.74, 6) is 2.97. The molecule has 0 aliphatic carbocycles. The number of rotatable bonds is 5. The summed E-state index contributed by atoms with van der Waals surface area (Å²) in [5.41, 5.74) is 0. The lowest BCUT2D eigenvalue weighted by Crippen LogP contribution is -2.29. The lowest BCUT2D eigenvalue weighted by atomic mass is 10.3. The fourth-order valence-corrected chi connectivity index (χ4v) is 2.42. The average molecular weight is 277 g/mol. The maximum Gasteiger partial charge on any atom is 0.134 e. The van der Waals surface area contributed by atoms with E-state index in [1.54, 1.807) is 0 Å². The third-order valence-electron chi connectivity index (χ3n) is 3.67. The third kappa shape index (κ3) is 4.07. The van der Waals surface area contributed by atoms with Crippen molar-refractivity contribution in [3.05, 3.63) is 11.9 Å². The highest BCUT2D eigenvalue weighted by molar-refractivity contribution is 5.49. The Balaban J connectivity index is 2.16. The summed E-state index contributed by atoms with van der Waals surface area (Å²) in [4.78, 5) is 14.0. The van der Waals surface area contributed by atoms with E-state index in [0.717, 1.165) is 56.5 Å². The molecule has 1 fully saturated rings. The van der Waals surface area contributed by atoms with E-state index >= 15 is 0 Å². The Morgan fingerprint density at radius 1 is 1.15 bits per heavy atom. The summed E-state index contributed by atoms with van der Waals surface area (Å²) in [6.45, 7) is 9.63. The van der Waals surface area contributed by atoms with Gasteiger partial charge in [-0.1, -0.05) is 13.8 Å². The number of nitrogens with zero attached hydrogens (tertiary/aromatic N) is 4. The van der Waals surface area contributed by atoms with Gasteiger partial charge in [-0.3, -0.25) is 0 Å². The van der Waals surface area contributed by atoms with Gasteiger partial charge in [0.15, 0.2) is 0 Å². The lowest BCUT2D eigenvalue weighted by Gasteiger charge is -2.22. The van der Waals surface area contributed by atoms with Gasteiger partial charge in [0.2, 0.25) is 0 Å². The monoisotopic (exact) mass is 277 g/mol. The lowest BCUT2D eigenvalue weighted by molar-refractivity contribution is 0.360. The predicted molar refractivity (Wildman–Crippen MR) is 84.5 cm³/mol. The molecule has 1 aliphatic rings. The van der Waals surface area contributed by atoms with Gasteiger partial charge >= 0.3 is 0 Å². The molecule has 0 unspecified atom stereocenters. The Hall–Kier alpha value is -1.36. The molecule has 2 rings (SSSR count). The fourth-order valence-electron chi connectivity index (χ4n) is 2.42. The molecule has 0 aromatic carbocycles. The van der Waals surface area contributed by atoms with Crippen LogP contribution in [0.25, 0.3) is 0 Å². The van der Waals surface area contributed by atoms with Gasteiger partial charge in [-0.2, -0.15) is 0 Å². The van der Waals surface area contributed by atoms with Crippen LogP contribution >= 0.6 is 0 Å². The van der Waals surface area contributed by atoms with E-state index in [-0.39, 0.29) is 0 Å². The first-order chi connectivity index (χ1) is 9.72. The predicted octanol–water partition coefficient (Wildman–Crippen LogP) is 2.00. The maximum absolute atomic E-state index is 4.71. The van der Waals surface area contributed by atoms with Gasteiger partial charge < -0.3 is 15.1 Å². The minimum atomic E-state index is 0.877. The van der Waals surface area contributed by atoms with E-state index in [1.807, 2.05) is 0 Å². The van der Waals surface area contributed by atoms with Gasteiger partial charge in [-0.15, -0.1) is 0 Å². The van der Waals surface area contributed by atoms with Crippen molar-refractivity contribution in [1.82, 2.24) is 14.9 Å². The minimum Gasteiger partial charge on any atom is -0.370 e. The summed E-state index contributed by atoms with van der Waals surface area (Å²) < 4.78 is 0. The summed E-state index contributed by atoms with van der Waals surface area (Å²) in [5, 5.41) is 3.38. The van der Waals surface area contributed by atoms with E-state index in [2.05, 4.69) is 47.1 Å². The second-order valence-corrected chi connectivity index (χ2v) is 5.45. The van der Waals surface area contributed by atoms with Gasteiger partial charge in [-0.05, 0) is 26.4 Å². The number of hydrogen-bond donors (Lipinski definition) is 1. The quantitative estimate of drug-likeness (QED) is 0.892. The van der Waals surface area contributed by atoms with E-state index in [1.165, 1.54) is 13.0 Å². The molecule has 0 radical (unpaired) electrons. The van der Waals surface area contributed by atoms with E-state index in [4.69, 9.17) is 4.98 Å². The molecular formula is C15H27N5. The van der Waals surface area contributed by atoms with E-state index in [0.29, 0.717) is 0 Å². The van der Waals surface area contributed by atoms with Crippen LogP contribution in [0.15, 0.2) is 6.07 Å². The largest absolute Gasteiger partial charge is 0.370 e. The highest BCUT2D eigenvalue weighted by Crippen LogP contribution is 2.18. The second-order valence-electron chi connectivity index (χ2n) is 5.45. The number of hydrogen-bond acceptors (Lipinski definition) is 5. The third-order valence-corrected chi connectivity index (χ3v) is 3.67. The Labute approximate surface area is 122 Å². The number of aromatic nitrogens is 2. The molecule has 112 valence electrons. The van der Waals surface area contributed by atoms with Crippen molar-refractivity contribution >= 4 is 11.6 Å². The Morgan fingerprint density at radius 3 is 2.75 bits per heavy atom. The molecule has 0 atom stereocenters. The van der Waals surface area contributed by atoms with Crippen LogP contribution in [0.3, 0.4) is 0 Å². The molecule has 1 saturated heterocycles. The Bertz CT molecular complexity index is 421. The Morgan fingerprint density at radius 2 is 2.00 bits per heavy atom. The molecule has 0 spiro atoms. The molecule has 5 nitrogen and oxygen atoms in total. The van der Waals surface area contributed by atoms with E-state index < -0.39 is 0 Å². The van der Waals surface area contributed by atoms with Crippen molar-refractivity contribution in [3.8, 4) is 0 Å². The van der Waals surface area contributed by atoms with Crippen LogP contribution in [0.2, 0.25) is 0 Å². The molecule has 0 bridgehead atoms. The molecule has 0 amide bonds. The van der Waals surface area contributed by atoms with Crippen LogP contribution in [0.1, 0.15) is 32.5 Å². The molecule has 1 aromatic rings. The van der Waals surface area contributed by atoms with Gasteiger partial charge in [0.25, 0.3) is 0 Å². The topological polar surface area (TPSA) is 44.3 Å². The SMILES string of the molecule is CCCNc1cc(N2CCCN(C)CC2)nc(CC)n1. The minimum absolute atomic E-state index is 0.877. The average Bonchev–Trinajstić information content (AvgIpc) is 2.69. The standard InChI is InChI=1S/C15H27N5/c1-4-7-16-14-12-15(18-13(5-2)17-14)20-9-6-8-19(3)10-11-20/h12H,4-11H2,1-3H3,(H,16,17,18). The first-order valence-corrected chi connectivity index (χ1v) is 7.78. The van der Waals surface area contributed by atoms with Crippen molar-refractivity contribution in [2.45, 2.75) is 33.1 Å². The highest BCUT2D eigenvalue weighted by atomic mass is 15.2. The molecular weight excluding hydrogens is 250 g/mol. The van der Waals surface area contributed by atoms with Gasteiger partial charge in [-0.25, -0.2) is 9.97 Å². The molecule has 20 heavy (non-hydrogen) atoms. The van der Waals surface area contributed by atoms with Gasteiger partial charge in [0.05, 0.1) is 0 Å². The number of aryl methyl sites for hydroxylation is 1. The second kappa shape index (κ2) is 7.43. The van der Waals surface area contributed by atoms with Crippen molar-refractivity contribution in [2.75, 3.05) is 50.0 Å². The van der Waals surface area contributed by atoms with Crippen LogP contribution in [0.4, 0.5) is 11.6 Å². The molecule has 0 saturated carbocycles. The highest BCUT2D eigenvalue weighted by Gasteiger charge is 2.15. The zero-order chi connectivity index (χ0) is 14.4. The summed E-state index contributed by atoms with van der Waals surface area (Å²) in [6, 6.07) is 2.10. The van der Waals surface area contributed by atoms with Crippen LogP contribution in [-0.4, -0.2) is 54.6 Å². The van der Waals surface area contributed by atoms with Crippen molar-refractivity contribution in [1.29, 1.82) is 0 Å². The first kappa shape index (κ1) is 15.0. The van der Waals surface area contributed by atoms with Crippen LogP contribution < -0.4 is 10.2 Å². The fraction of sp³-hybridized carbons (Fsp3) is 0.733. The number of nitrogens with one attached hydrogen (secondary N) is 1. The van der Waals surface area contributed by atoms with Gasteiger partial charge in [0.1, 0.15) is 17.5 Å². The molecule has 5 heteroatoms. The summed E-state index contributed by atoms with van der Waals surface area (Å²) in [6.07, 6.45) is 3.18. The zero-order valence-electron chi connectivity index (χ0n) is 13.0. The maximum atomic E-state index is 4.71. The summed E-state index contributed by atoms with van der Waals surface area (Å²) >= 11 is 0. The van der Waals surface area contributed by atoms with Crippen LogP contribution in [0.5, 0.6) is 0 Å². The zero-order valence-corrected chi connectivity index (χ0v) is 13.0. The molecule has 1 aliphatic heterocycles. The summed E-state index contributed by atoms with van der Waals surface area (Å²) in [7, 11) is 2.19. The smallest absolute Gasteiger partial charge is 0.134 e. The first-order valence-electron chi connectivity index (χ1n) is 7.78. The van der Waals surface area contributed by atoms with Crippen LogP contribution in [-0.2, 0) is 6.42 Å². The molecule has 1 aromatic heterocycles. The van der Waals surface area contributed by atoms with Gasteiger partial charge in [0, 0.05) is 38.7 Å². The van der Waals surface area contributed by atoms with E-state index in [9.17, 15) is 0 Å². The normalized spacial score (nSPS) is 17.1. The van der Waals surface area contributed by atoms with Crippen LogP contribution in [0, 0.1) is 0 Å². The van der Waals surface area contributed by atoms with Crippen molar-refractivity contribution in [2.24, 2.45) is 0 Å². The van der Waals surface area contributed by atoms with Crippen molar-refractivity contribution < 1.29 is 0 Å². The number of likely N-dealkylation sites (N-methyl/N-ethyl adjacent to an activating group) is 1. The molecule has 1 N–H and O–H groups in total.